The van der Waals surface area contributed by atoms with Gasteiger partial charge in [0.2, 0.25) is 5.92 Å². The van der Waals surface area contributed by atoms with Crippen molar-refractivity contribution in [1.29, 1.82) is 0 Å². The molecule has 0 aromatic rings. The Morgan fingerprint density at radius 1 is 1.14 bits per heavy atom. The molecule has 0 spiro atoms. The predicted molar refractivity (Wildman–Crippen MR) is 54.3 cm³/mol. The van der Waals surface area contributed by atoms with E-state index in [2.05, 4.69) is 0 Å². The summed E-state index contributed by atoms with van der Waals surface area (Å²) >= 11 is 0. The minimum Gasteiger partial charge on any atom is -0.327 e. The van der Waals surface area contributed by atoms with Crippen LogP contribution in [0.4, 0.5) is 8.78 Å². The van der Waals surface area contributed by atoms with Crippen LogP contribution in [0.25, 0.3) is 0 Å². The molecular formula is C11H21F2N. The monoisotopic (exact) mass is 205 g/mol. The molecule has 1 saturated carbocycles. The average Bonchev–Trinajstić information content (AvgIpc) is 2.21. The van der Waals surface area contributed by atoms with Crippen molar-refractivity contribution >= 4 is 0 Å². The molecule has 1 aliphatic rings. The van der Waals surface area contributed by atoms with Gasteiger partial charge < -0.3 is 5.73 Å². The lowest BCUT2D eigenvalue weighted by Crippen LogP contribution is -2.45. The van der Waals surface area contributed by atoms with Gasteiger partial charge in [-0.3, -0.25) is 0 Å². The van der Waals surface area contributed by atoms with Crippen molar-refractivity contribution < 1.29 is 8.78 Å². The molecule has 0 aromatic carbocycles. The Morgan fingerprint density at radius 2 is 1.57 bits per heavy atom. The third-order valence-corrected chi connectivity index (χ3v) is 3.92. The van der Waals surface area contributed by atoms with Crippen molar-refractivity contribution in [3.8, 4) is 0 Å². The molecule has 1 fully saturated rings. The van der Waals surface area contributed by atoms with Gasteiger partial charge in [0, 0.05) is 18.9 Å². The van der Waals surface area contributed by atoms with Crippen LogP contribution in [0.3, 0.4) is 0 Å². The normalized spacial score (nSPS) is 30.2. The Bertz CT molecular complexity index is 203. The highest BCUT2D eigenvalue weighted by Crippen LogP contribution is 2.54. The molecule has 84 valence electrons. The maximum Gasteiger partial charge on any atom is 0.250 e. The van der Waals surface area contributed by atoms with Crippen LogP contribution in [0.2, 0.25) is 0 Å². The molecular weight excluding hydrogens is 184 g/mol. The zero-order chi connectivity index (χ0) is 11.1. The summed E-state index contributed by atoms with van der Waals surface area (Å²) in [7, 11) is 0. The quantitative estimate of drug-likeness (QED) is 0.736. The first-order chi connectivity index (χ1) is 6.22. The highest BCUT2D eigenvalue weighted by molar-refractivity contribution is 5.04. The Morgan fingerprint density at radius 3 is 1.71 bits per heavy atom. The van der Waals surface area contributed by atoms with Gasteiger partial charge >= 0.3 is 0 Å². The van der Waals surface area contributed by atoms with Crippen molar-refractivity contribution in [2.45, 2.75) is 52.5 Å². The van der Waals surface area contributed by atoms with Gasteiger partial charge in [-0.05, 0) is 17.3 Å². The SMILES string of the molecule is CC(C)C1(C(C)C)CC(F)(F)C[C@H]1N. The predicted octanol–water partition coefficient (Wildman–Crippen LogP) is 3.04. The second-order valence-electron chi connectivity index (χ2n) is 5.27. The molecule has 1 atom stereocenters. The number of rotatable bonds is 2. The highest BCUT2D eigenvalue weighted by Gasteiger charge is 2.57. The summed E-state index contributed by atoms with van der Waals surface area (Å²) in [5, 5.41) is 0. The van der Waals surface area contributed by atoms with E-state index in [1.165, 1.54) is 0 Å². The molecule has 14 heavy (non-hydrogen) atoms. The molecule has 1 rings (SSSR count). The van der Waals surface area contributed by atoms with E-state index in [4.69, 9.17) is 5.73 Å². The third-order valence-electron chi connectivity index (χ3n) is 3.92. The summed E-state index contributed by atoms with van der Waals surface area (Å²) in [5.41, 5.74) is 5.53. The molecule has 0 saturated heterocycles. The molecule has 3 heteroatoms. The molecule has 0 bridgehead atoms. The molecule has 2 N–H and O–H groups in total. The second kappa shape index (κ2) is 3.44. The standard InChI is InChI=1S/C11H21F2N/c1-7(2)11(8(3)4)6-10(12,13)5-9(11)14/h7-9H,5-6,14H2,1-4H3/t9-/m1/s1. The molecule has 1 nitrogen and oxygen atoms in total. The Hall–Kier alpha value is -0.180. The van der Waals surface area contributed by atoms with Crippen LogP contribution in [-0.4, -0.2) is 12.0 Å². The van der Waals surface area contributed by atoms with E-state index < -0.39 is 5.92 Å². The summed E-state index contributed by atoms with van der Waals surface area (Å²) < 4.78 is 26.7. The fraction of sp³-hybridized carbons (Fsp3) is 1.00. The zero-order valence-electron chi connectivity index (χ0n) is 9.48. The largest absolute Gasteiger partial charge is 0.327 e. The number of hydrogen-bond acceptors (Lipinski definition) is 1. The van der Waals surface area contributed by atoms with Crippen LogP contribution in [0, 0.1) is 17.3 Å². The van der Waals surface area contributed by atoms with Gasteiger partial charge in [0.05, 0.1) is 0 Å². The van der Waals surface area contributed by atoms with Gasteiger partial charge in [0.1, 0.15) is 0 Å². The first-order valence-corrected chi connectivity index (χ1v) is 5.36. The van der Waals surface area contributed by atoms with Crippen molar-refractivity contribution in [1.82, 2.24) is 0 Å². The molecule has 0 unspecified atom stereocenters. The average molecular weight is 205 g/mol. The van der Waals surface area contributed by atoms with Crippen molar-refractivity contribution in [2.24, 2.45) is 23.0 Å². The number of alkyl halides is 2. The van der Waals surface area contributed by atoms with Gasteiger partial charge in [-0.15, -0.1) is 0 Å². The maximum absolute atomic E-state index is 13.3. The number of halogens is 2. The van der Waals surface area contributed by atoms with E-state index in [9.17, 15) is 8.78 Å². The van der Waals surface area contributed by atoms with Crippen LogP contribution >= 0.6 is 0 Å². The maximum atomic E-state index is 13.3. The van der Waals surface area contributed by atoms with Gasteiger partial charge in [-0.25, -0.2) is 8.78 Å². The minimum atomic E-state index is -2.56. The van der Waals surface area contributed by atoms with Gasteiger partial charge in [0.25, 0.3) is 0 Å². The Balaban J connectivity index is 3.01. The molecule has 0 amide bonds. The van der Waals surface area contributed by atoms with Crippen LogP contribution < -0.4 is 5.73 Å². The summed E-state index contributed by atoms with van der Waals surface area (Å²) in [6.45, 7) is 8.01. The topological polar surface area (TPSA) is 26.0 Å². The summed E-state index contributed by atoms with van der Waals surface area (Å²) in [5.74, 6) is -2.13. The third kappa shape index (κ3) is 1.67. The molecule has 0 heterocycles. The van der Waals surface area contributed by atoms with E-state index in [1.54, 1.807) is 0 Å². The van der Waals surface area contributed by atoms with Gasteiger partial charge in [-0.1, -0.05) is 27.7 Å². The van der Waals surface area contributed by atoms with E-state index in [-0.39, 0.29) is 36.1 Å². The minimum absolute atomic E-state index is 0.0451. The van der Waals surface area contributed by atoms with E-state index in [0.29, 0.717) is 0 Å². The van der Waals surface area contributed by atoms with Crippen molar-refractivity contribution in [2.75, 3.05) is 0 Å². The number of hydrogen-bond donors (Lipinski definition) is 1. The first kappa shape index (κ1) is 11.9. The fourth-order valence-electron chi connectivity index (χ4n) is 3.09. The van der Waals surface area contributed by atoms with E-state index in [1.807, 2.05) is 27.7 Å². The van der Waals surface area contributed by atoms with Crippen LogP contribution in [-0.2, 0) is 0 Å². The van der Waals surface area contributed by atoms with Crippen LogP contribution in [0.1, 0.15) is 40.5 Å². The van der Waals surface area contributed by atoms with Gasteiger partial charge in [-0.2, -0.15) is 0 Å². The van der Waals surface area contributed by atoms with Crippen molar-refractivity contribution in [3.05, 3.63) is 0 Å². The molecule has 0 radical (unpaired) electrons. The van der Waals surface area contributed by atoms with E-state index >= 15 is 0 Å². The summed E-state index contributed by atoms with van der Waals surface area (Å²) in [4.78, 5) is 0. The summed E-state index contributed by atoms with van der Waals surface area (Å²) in [6, 6.07) is -0.363. The van der Waals surface area contributed by atoms with Gasteiger partial charge in [0.15, 0.2) is 0 Å². The van der Waals surface area contributed by atoms with Crippen LogP contribution in [0.15, 0.2) is 0 Å². The lowest BCUT2D eigenvalue weighted by Gasteiger charge is -2.41. The smallest absolute Gasteiger partial charge is 0.250 e. The van der Waals surface area contributed by atoms with Crippen molar-refractivity contribution in [3.63, 3.8) is 0 Å². The Labute approximate surface area is 85.1 Å². The number of nitrogens with two attached hydrogens (primary N) is 1. The van der Waals surface area contributed by atoms with E-state index in [0.717, 1.165) is 0 Å². The molecule has 0 aromatic heterocycles. The highest BCUT2D eigenvalue weighted by atomic mass is 19.3. The molecule has 0 aliphatic heterocycles. The summed E-state index contributed by atoms with van der Waals surface area (Å²) in [6.07, 6.45) is -0.195. The second-order valence-corrected chi connectivity index (χ2v) is 5.27. The lowest BCUT2D eigenvalue weighted by molar-refractivity contribution is -0.0200. The lowest BCUT2D eigenvalue weighted by atomic mass is 9.65. The molecule has 1 aliphatic carbocycles. The zero-order valence-corrected chi connectivity index (χ0v) is 9.48. The van der Waals surface area contributed by atoms with Crippen LogP contribution in [0.5, 0.6) is 0 Å². The fourth-order valence-corrected chi connectivity index (χ4v) is 3.09. The first-order valence-electron chi connectivity index (χ1n) is 5.36. The Kier molecular flexibility index (Phi) is 2.92.